The number of ether oxygens (including phenoxy) is 1. The molecule has 4 heteroatoms. The van der Waals surface area contributed by atoms with E-state index in [2.05, 4.69) is 4.74 Å². The SMILES string of the molecule is CC(O[C]=O)O[Si](C)(C)C. The van der Waals surface area contributed by atoms with Gasteiger partial charge in [0.25, 0.3) is 0 Å². The topological polar surface area (TPSA) is 35.5 Å². The van der Waals surface area contributed by atoms with Crippen molar-refractivity contribution < 1.29 is 14.0 Å². The Morgan fingerprint density at radius 3 is 2.20 bits per heavy atom. The van der Waals surface area contributed by atoms with Gasteiger partial charge < -0.3 is 9.16 Å². The Hall–Kier alpha value is -0.353. The zero-order chi connectivity index (χ0) is 8.20. The van der Waals surface area contributed by atoms with E-state index in [1.807, 2.05) is 19.6 Å². The molecule has 0 aromatic carbocycles. The molecule has 1 radical (unpaired) electrons. The second kappa shape index (κ2) is 3.73. The summed E-state index contributed by atoms with van der Waals surface area (Å²) in [5.41, 5.74) is 0. The van der Waals surface area contributed by atoms with Gasteiger partial charge in [-0.1, -0.05) is 0 Å². The van der Waals surface area contributed by atoms with E-state index in [1.54, 1.807) is 6.92 Å². The minimum absolute atomic E-state index is 0.454. The molecule has 10 heavy (non-hydrogen) atoms. The van der Waals surface area contributed by atoms with Crippen LogP contribution in [0.15, 0.2) is 0 Å². The summed E-state index contributed by atoms with van der Waals surface area (Å²) in [6.07, 6.45) is -0.454. The number of hydrogen-bond acceptors (Lipinski definition) is 3. The standard InChI is InChI=1S/C6H13O3Si/c1-6(8-5-7)9-10(2,3)4/h6H,1-4H3. The first kappa shape index (κ1) is 9.65. The fraction of sp³-hybridized carbons (Fsp3) is 0.833. The van der Waals surface area contributed by atoms with Gasteiger partial charge in [-0.15, -0.1) is 0 Å². The van der Waals surface area contributed by atoms with E-state index >= 15 is 0 Å². The first-order valence-corrected chi connectivity index (χ1v) is 6.57. The van der Waals surface area contributed by atoms with Crippen LogP contribution in [0.1, 0.15) is 6.92 Å². The lowest BCUT2D eigenvalue weighted by atomic mass is 10.8. The second-order valence-corrected chi connectivity index (χ2v) is 7.46. The molecule has 0 aromatic rings. The van der Waals surface area contributed by atoms with Crippen LogP contribution in [0.4, 0.5) is 0 Å². The molecule has 0 amide bonds. The van der Waals surface area contributed by atoms with E-state index in [4.69, 9.17) is 4.43 Å². The smallest absolute Gasteiger partial charge is 0.419 e. The van der Waals surface area contributed by atoms with Crippen LogP contribution in [0.2, 0.25) is 19.6 Å². The van der Waals surface area contributed by atoms with Crippen LogP contribution in [-0.2, 0) is 14.0 Å². The molecule has 0 aliphatic heterocycles. The Labute approximate surface area is 62.5 Å². The predicted molar refractivity (Wildman–Crippen MR) is 40.7 cm³/mol. The molecular weight excluding hydrogens is 148 g/mol. The Morgan fingerprint density at radius 1 is 1.40 bits per heavy atom. The lowest BCUT2D eigenvalue weighted by Crippen LogP contribution is -2.31. The van der Waals surface area contributed by atoms with Crippen molar-refractivity contribution in [1.29, 1.82) is 0 Å². The average Bonchev–Trinajstić information content (AvgIpc) is 1.59. The Morgan fingerprint density at radius 2 is 1.90 bits per heavy atom. The van der Waals surface area contributed by atoms with Crippen molar-refractivity contribution in [3.05, 3.63) is 0 Å². The van der Waals surface area contributed by atoms with Crippen LogP contribution in [-0.4, -0.2) is 21.1 Å². The zero-order valence-electron chi connectivity index (χ0n) is 6.80. The average molecular weight is 161 g/mol. The summed E-state index contributed by atoms with van der Waals surface area (Å²) in [6.45, 7) is 9.10. The molecule has 0 N–H and O–H groups in total. The van der Waals surface area contributed by atoms with Crippen LogP contribution in [0.3, 0.4) is 0 Å². The minimum atomic E-state index is -1.56. The predicted octanol–water partition coefficient (Wildman–Crippen LogP) is 1.27. The maximum atomic E-state index is 9.69. The minimum Gasteiger partial charge on any atom is -0.429 e. The molecule has 0 saturated heterocycles. The van der Waals surface area contributed by atoms with Gasteiger partial charge in [-0.3, -0.25) is 0 Å². The fourth-order valence-electron chi connectivity index (χ4n) is 0.590. The Balaban J connectivity index is 3.56. The van der Waals surface area contributed by atoms with E-state index < -0.39 is 14.6 Å². The summed E-state index contributed by atoms with van der Waals surface area (Å²) >= 11 is 0. The Kier molecular flexibility index (Phi) is 3.60. The van der Waals surface area contributed by atoms with Crippen LogP contribution < -0.4 is 0 Å². The molecule has 1 unspecified atom stereocenters. The first-order valence-electron chi connectivity index (χ1n) is 3.16. The van der Waals surface area contributed by atoms with Crippen LogP contribution >= 0.6 is 0 Å². The van der Waals surface area contributed by atoms with Gasteiger partial charge in [0.2, 0.25) is 0 Å². The third-order valence-corrected chi connectivity index (χ3v) is 1.77. The Bertz CT molecular complexity index is 108. The number of carbonyl (C=O) groups excluding carboxylic acids is 1. The first-order chi connectivity index (χ1) is 4.45. The molecule has 0 bridgehead atoms. The highest BCUT2D eigenvalue weighted by atomic mass is 28.4. The lowest BCUT2D eigenvalue weighted by molar-refractivity contribution is 0.00307. The van der Waals surface area contributed by atoms with Crippen molar-refractivity contribution in [2.75, 3.05) is 0 Å². The quantitative estimate of drug-likeness (QED) is 0.460. The molecule has 0 rings (SSSR count). The molecule has 0 aromatic heterocycles. The molecule has 1 atom stereocenters. The molecule has 0 fully saturated rings. The normalized spacial score (nSPS) is 14.4. The maximum Gasteiger partial charge on any atom is 0.419 e. The van der Waals surface area contributed by atoms with Gasteiger partial charge in [-0.25, -0.2) is 4.79 Å². The van der Waals surface area contributed by atoms with Crippen molar-refractivity contribution in [2.24, 2.45) is 0 Å². The molecule has 0 heterocycles. The van der Waals surface area contributed by atoms with Crippen molar-refractivity contribution in [3.63, 3.8) is 0 Å². The lowest BCUT2D eigenvalue weighted by Gasteiger charge is -2.21. The van der Waals surface area contributed by atoms with Gasteiger partial charge in [-0.2, -0.15) is 0 Å². The largest absolute Gasteiger partial charge is 0.429 e. The van der Waals surface area contributed by atoms with Crippen molar-refractivity contribution >= 4 is 14.8 Å². The zero-order valence-corrected chi connectivity index (χ0v) is 7.80. The van der Waals surface area contributed by atoms with E-state index in [9.17, 15) is 4.79 Å². The molecule has 0 spiro atoms. The van der Waals surface area contributed by atoms with Crippen molar-refractivity contribution in [3.8, 4) is 0 Å². The fourth-order valence-corrected chi connectivity index (χ4v) is 1.63. The van der Waals surface area contributed by atoms with E-state index in [0.717, 1.165) is 0 Å². The number of rotatable bonds is 4. The van der Waals surface area contributed by atoms with Gasteiger partial charge in [-0.05, 0) is 26.6 Å². The van der Waals surface area contributed by atoms with Gasteiger partial charge in [0.05, 0.1) is 0 Å². The van der Waals surface area contributed by atoms with Gasteiger partial charge in [0.15, 0.2) is 14.6 Å². The van der Waals surface area contributed by atoms with Crippen LogP contribution in [0, 0.1) is 0 Å². The summed E-state index contributed by atoms with van der Waals surface area (Å²) in [5.74, 6) is 0. The van der Waals surface area contributed by atoms with E-state index in [-0.39, 0.29) is 0 Å². The molecule has 0 aliphatic carbocycles. The van der Waals surface area contributed by atoms with E-state index in [1.165, 1.54) is 6.47 Å². The monoisotopic (exact) mass is 161 g/mol. The molecule has 3 nitrogen and oxygen atoms in total. The van der Waals surface area contributed by atoms with Gasteiger partial charge >= 0.3 is 6.47 Å². The maximum absolute atomic E-state index is 9.69. The van der Waals surface area contributed by atoms with E-state index in [0.29, 0.717) is 0 Å². The third-order valence-electron chi connectivity index (χ3n) is 0.734. The van der Waals surface area contributed by atoms with Crippen LogP contribution in [0.25, 0.3) is 0 Å². The molecule has 0 aliphatic rings. The molecule has 59 valence electrons. The summed E-state index contributed by atoms with van der Waals surface area (Å²) in [6, 6.07) is 0. The number of hydrogen-bond donors (Lipinski definition) is 0. The summed E-state index contributed by atoms with van der Waals surface area (Å²) in [4.78, 5) is 9.69. The van der Waals surface area contributed by atoms with Gasteiger partial charge in [0, 0.05) is 0 Å². The third kappa shape index (κ3) is 5.78. The summed E-state index contributed by atoms with van der Waals surface area (Å²) in [5, 5.41) is 0. The van der Waals surface area contributed by atoms with Crippen molar-refractivity contribution in [2.45, 2.75) is 32.9 Å². The molecule has 0 saturated carbocycles. The highest BCUT2D eigenvalue weighted by Crippen LogP contribution is 2.06. The van der Waals surface area contributed by atoms with Crippen molar-refractivity contribution in [1.82, 2.24) is 0 Å². The molecular formula is C6H13O3Si. The summed E-state index contributed by atoms with van der Waals surface area (Å²) in [7, 11) is -1.56. The highest BCUT2D eigenvalue weighted by molar-refractivity contribution is 6.69. The summed E-state index contributed by atoms with van der Waals surface area (Å²) < 4.78 is 9.76. The van der Waals surface area contributed by atoms with Gasteiger partial charge in [0.1, 0.15) is 0 Å². The van der Waals surface area contributed by atoms with Crippen LogP contribution in [0.5, 0.6) is 0 Å². The second-order valence-electron chi connectivity index (χ2n) is 3.00. The highest BCUT2D eigenvalue weighted by Gasteiger charge is 2.18.